The Balaban J connectivity index is 2.31. The molecule has 1 aromatic carbocycles. The predicted octanol–water partition coefficient (Wildman–Crippen LogP) is 0.424. The van der Waals surface area contributed by atoms with Crippen molar-refractivity contribution in [2.24, 2.45) is 0 Å². The van der Waals surface area contributed by atoms with Crippen LogP contribution in [0.15, 0.2) is 6.07 Å². The van der Waals surface area contributed by atoms with Crippen molar-refractivity contribution in [3.63, 3.8) is 0 Å². The van der Waals surface area contributed by atoms with Crippen molar-refractivity contribution < 1.29 is 24.4 Å². The number of fused-ring (bicyclic) bond motifs is 1. The van der Waals surface area contributed by atoms with Gasteiger partial charge in [0.05, 0.1) is 34.0 Å². The van der Waals surface area contributed by atoms with Gasteiger partial charge in [-0.05, 0) is 18.1 Å². The van der Waals surface area contributed by atoms with Gasteiger partial charge in [0.15, 0.2) is 11.5 Å². The Labute approximate surface area is 124 Å². The second-order valence-electron chi connectivity index (χ2n) is 5.10. The van der Waals surface area contributed by atoms with Gasteiger partial charge in [-0.3, -0.25) is 4.90 Å². The Bertz CT molecular complexity index is 491. The molecule has 0 fully saturated rings. The summed E-state index contributed by atoms with van der Waals surface area (Å²) in [6, 6.07) is 1.95. The summed E-state index contributed by atoms with van der Waals surface area (Å²) in [5, 5.41) is 18.5. The van der Waals surface area contributed by atoms with E-state index in [9.17, 15) is 5.11 Å². The Morgan fingerprint density at radius 3 is 2.48 bits per heavy atom. The topological polar surface area (TPSA) is 71.4 Å². The molecular formula is C15H23NO5. The lowest BCUT2D eigenvalue weighted by Crippen LogP contribution is -2.38. The highest BCUT2D eigenvalue weighted by atomic mass is 16.5. The van der Waals surface area contributed by atoms with Crippen LogP contribution in [0.5, 0.6) is 17.2 Å². The average Bonchev–Trinajstić information content (AvgIpc) is 2.52. The van der Waals surface area contributed by atoms with Crippen molar-refractivity contribution in [2.75, 3.05) is 41.0 Å². The molecule has 118 valence electrons. The molecule has 1 aliphatic rings. The van der Waals surface area contributed by atoms with E-state index in [0.29, 0.717) is 30.3 Å². The first kappa shape index (κ1) is 15.9. The summed E-state index contributed by atoms with van der Waals surface area (Å²) in [5.41, 5.74) is 2.21. The van der Waals surface area contributed by atoms with Crippen molar-refractivity contribution in [1.82, 2.24) is 4.90 Å². The van der Waals surface area contributed by atoms with Crippen molar-refractivity contribution in [3.8, 4) is 17.2 Å². The molecular weight excluding hydrogens is 274 g/mol. The number of nitrogens with zero attached hydrogens (tertiary/aromatic N) is 1. The molecule has 1 heterocycles. The molecule has 0 aromatic heterocycles. The summed E-state index contributed by atoms with van der Waals surface area (Å²) in [6.45, 7) is 1.71. The Kier molecular flexibility index (Phi) is 5.27. The van der Waals surface area contributed by atoms with Crippen molar-refractivity contribution in [3.05, 3.63) is 17.2 Å². The minimum atomic E-state index is -0.714. The Hall–Kier alpha value is -1.50. The minimum absolute atomic E-state index is 0.224. The first-order chi connectivity index (χ1) is 10.1. The zero-order valence-electron chi connectivity index (χ0n) is 12.8. The Morgan fingerprint density at radius 2 is 1.90 bits per heavy atom. The number of β-amino-alcohol motifs (C(OH)–C–C–N with tert-alkyl or cyclic N) is 1. The summed E-state index contributed by atoms with van der Waals surface area (Å²) in [6.07, 6.45) is 0.0883. The summed E-state index contributed by atoms with van der Waals surface area (Å²) >= 11 is 0. The van der Waals surface area contributed by atoms with Gasteiger partial charge in [-0.1, -0.05) is 0 Å². The molecule has 2 rings (SSSR count). The molecule has 0 spiro atoms. The van der Waals surface area contributed by atoms with E-state index in [1.54, 1.807) is 21.3 Å². The molecule has 0 saturated carbocycles. The maximum Gasteiger partial charge on any atom is 0.203 e. The van der Waals surface area contributed by atoms with Gasteiger partial charge < -0.3 is 24.4 Å². The van der Waals surface area contributed by atoms with Gasteiger partial charge in [-0.15, -0.1) is 0 Å². The standard InChI is InChI=1S/C15H23NO5/c1-19-13-6-10-7-16(8-11(18)9-17)5-4-12(10)14(20-2)15(13)21-3/h6,11,17-18H,4-5,7-9H2,1-3H3. The highest BCUT2D eigenvalue weighted by Crippen LogP contribution is 2.43. The van der Waals surface area contributed by atoms with E-state index in [4.69, 9.17) is 19.3 Å². The SMILES string of the molecule is COc1cc2c(c(OC)c1OC)CCN(CC(O)CO)C2. The van der Waals surface area contributed by atoms with Crippen LogP contribution in [-0.4, -0.2) is 62.2 Å². The fourth-order valence-corrected chi connectivity index (χ4v) is 2.78. The lowest BCUT2D eigenvalue weighted by Gasteiger charge is -2.31. The van der Waals surface area contributed by atoms with Crippen molar-refractivity contribution >= 4 is 0 Å². The van der Waals surface area contributed by atoms with Crippen LogP contribution < -0.4 is 14.2 Å². The molecule has 6 heteroatoms. The van der Waals surface area contributed by atoms with Gasteiger partial charge in [0.2, 0.25) is 5.75 Å². The lowest BCUT2D eigenvalue weighted by atomic mass is 9.97. The second-order valence-corrected chi connectivity index (χ2v) is 5.10. The Morgan fingerprint density at radius 1 is 1.19 bits per heavy atom. The normalized spacial score (nSPS) is 16.2. The lowest BCUT2D eigenvalue weighted by molar-refractivity contribution is 0.0549. The summed E-state index contributed by atoms with van der Waals surface area (Å²) in [4.78, 5) is 2.11. The number of hydrogen-bond donors (Lipinski definition) is 2. The monoisotopic (exact) mass is 297 g/mol. The first-order valence-corrected chi connectivity index (χ1v) is 6.96. The summed E-state index contributed by atoms with van der Waals surface area (Å²) < 4.78 is 16.3. The molecule has 21 heavy (non-hydrogen) atoms. The third-order valence-corrected chi connectivity index (χ3v) is 3.78. The van der Waals surface area contributed by atoms with Crippen LogP contribution in [0.2, 0.25) is 0 Å². The molecule has 1 aliphatic heterocycles. The van der Waals surface area contributed by atoms with Crippen molar-refractivity contribution in [2.45, 2.75) is 19.1 Å². The van der Waals surface area contributed by atoms with Gasteiger partial charge in [0.25, 0.3) is 0 Å². The number of ether oxygens (including phenoxy) is 3. The molecule has 0 amide bonds. The summed E-state index contributed by atoms with van der Waals surface area (Å²) in [7, 11) is 4.82. The maximum atomic E-state index is 9.58. The summed E-state index contributed by atoms with van der Waals surface area (Å²) in [5.74, 6) is 1.97. The molecule has 1 aromatic rings. The van der Waals surface area contributed by atoms with Crippen LogP contribution in [0.3, 0.4) is 0 Å². The van der Waals surface area contributed by atoms with Crippen LogP contribution >= 0.6 is 0 Å². The number of benzene rings is 1. The fourth-order valence-electron chi connectivity index (χ4n) is 2.78. The molecule has 1 atom stereocenters. The molecule has 2 N–H and O–H groups in total. The van der Waals surface area contributed by atoms with E-state index in [1.165, 1.54) is 0 Å². The van der Waals surface area contributed by atoms with Crippen molar-refractivity contribution in [1.29, 1.82) is 0 Å². The van der Waals surface area contributed by atoms with Gasteiger partial charge in [0, 0.05) is 25.2 Å². The van der Waals surface area contributed by atoms with E-state index in [2.05, 4.69) is 4.90 Å². The van der Waals surface area contributed by atoms with Crippen LogP contribution in [0.25, 0.3) is 0 Å². The molecule has 0 aliphatic carbocycles. The predicted molar refractivity (Wildman–Crippen MR) is 78.2 cm³/mol. The molecule has 1 unspecified atom stereocenters. The smallest absolute Gasteiger partial charge is 0.203 e. The quantitative estimate of drug-likeness (QED) is 0.793. The van der Waals surface area contributed by atoms with E-state index in [0.717, 1.165) is 24.1 Å². The van der Waals surface area contributed by atoms with Crippen LogP contribution in [0.1, 0.15) is 11.1 Å². The number of methoxy groups -OCH3 is 3. The van der Waals surface area contributed by atoms with E-state index >= 15 is 0 Å². The van der Waals surface area contributed by atoms with E-state index in [-0.39, 0.29) is 6.61 Å². The number of aliphatic hydroxyl groups is 2. The second kappa shape index (κ2) is 6.98. The van der Waals surface area contributed by atoms with Gasteiger partial charge in [0.1, 0.15) is 0 Å². The number of aliphatic hydroxyl groups excluding tert-OH is 2. The van der Waals surface area contributed by atoms with Gasteiger partial charge in [-0.2, -0.15) is 0 Å². The first-order valence-electron chi connectivity index (χ1n) is 6.96. The third-order valence-electron chi connectivity index (χ3n) is 3.78. The van der Waals surface area contributed by atoms with E-state index < -0.39 is 6.10 Å². The molecule has 0 saturated heterocycles. The maximum absolute atomic E-state index is 9.58. The van der Waals surface area contributed by atoms with Gasteiger partial charge in [-0.25, -0.2) is 0 Å². The van der Waals surface area contributed by atoms with Gasteiger partial charge >= 0.3 is 0 Å². The highest BCUT2D eigenvalue weighted by Gasteiger charge is 2.26. The molecule has 0 radical (unpaired) electrons. The number of hydrogen-bond acceptors (Lipinski definition) is 6. The van der Waals surface area contributed by atoms with Crippen LogP contribution in [0.4, 0.5) is 0 Å². The average molecular weight is 297 g/mol. The number of rotatable bonds is 6. The fraction of sp³-hybridized carbons (Fsp3) is 0.600. The third kappa shape index (κ3) is 3.23. The van der Waals surface area contributed by atoms with Crippen LogP contribution in [0, 0.1) is 0 Å². The largest absolute Gasteiger partial charge is 0.493 e. The zero-order valence-corrected chi connectivity index (χ0v) is 12.8. The van der Waals surface area contributed by atoms with E-state index in [1.807, 2.05) is 6.07 Å². The minimum Gasteiger partial charge on any atom is -0.493 e. The van der Waals surface area contributed by atoms with Crippen LogP contribution in [-0.2, 0) is 13.0 Å². The zero-order chi connectivity index (χ0) is 15.4. The molecule has 6 nitrogen and oxygen atoms in total. The molecule has 0 bridgehead atoms. The highest BCUT2D eigenvalue weighted by molar-refractivity contribution is 5.59.